The van der Waals surface area contributed by atoms with Crippen LogP contribution in [0.4, 0.5) is 13.2 Å². The molecule has 1 aromatic carbocycles. The van der Waals surface area contributed by atoms with Gasteiger partial charge < -0.3 is 14.7 Å². The first kappa shape index (κ1) is 17.1. The van der Waals surface area contributed by atoms with Gasteiger partial charge in [-0.25, -0.2) is 0 Å². The van der Waals surface area contributed by atoms with E-state index in [-0.39, 0.29) is 17.3 Å². The summed E-state index contributed by atoms with van der Waals surface area (Å²) in [7, 11) is 3.96. The Morgan fingerprint density at radius 2 is 1.73 bits per heavy atom. The fourth-order valence-corrected chi connectivity index (χ4v) is 3.31. The fraction of sp³-hybridized carbons (Fsp3) is 0.625. The van der Waals surface area contributed by atoms with Crippen molar-refractivity contribution in [3.8, 4) is 5.75 Å². The van der Waals surface area contributed by atoms with E-state index in [2.05, 4.69) is 9.64 Å². The van der Waals surface area contributed by atoms with Gasteiger partial charge in [0.2, 0.25) is 0 Å². The third-order valence-electron chi connectivity index (χ3n) is 4.23. The minimum Gasteiger partial charge on any atom is -0.406 e. The van der Waals surface area contributed by atoms with E-state index in [1.807, 2.05) is 14.1 Å². The monoisotopic (exact) mass is 317 g/mol. The van der Waals surface area contributed by atoms with Crippen molar-refractivity contribution in [2.45, 2.75) is 43.6 Å². The zero-order chi connectivity index (χ0) is 16.4. The largest absolute Gasteiger partial charge is 0.573 e. The first-order valence-corrected chi connectivity index (χ1v) is 7.39. The lowest BCUT2D eigenvalue weighted by Gasteiger charge is -2.41. The van der Waals surface area contributed by atoms with Gasteiger partial charge in [0.15, 0.2) is 0 Å². The van der Waals surface area contributed by atoms with Crippen molar-refractivity contribution in [1.82, 2.24) is 4.90 Å². The molecule has 0 saturated heterocycles. The molecule has 1 fully saturated rings. The number of rotatable bonds is 4. The number of ether oxygens (including phenoxy) is 1. The van der Waals surface area contributed by atoms with Crippen LogP contribution in [0.1, 0.15) is 31.2 Å². The molecule has 6 heteroatoms. The van der Waals surface area contributed by atoms with Crippen LogP contribution in [0, 0.1) is 0 Å². The minimum absolute atomic E-state index is 0.126. The molecule has 1 aliphatic rings. The number of aliphatic hydroxyl groups excluding tert-OH is 1. The Morgan fingerprint density at radius 1 is 1.18 bits per heavy atom. The Hall–Kier alpha value is -1.27. The number of aliphatic hydroxyl groups is 1. The van der Waals surface area contributed by atoms with Gasteiger partial charge >= 0.3 is 6.36 Å². The molecule has 0 bridgehead atoms. The minimum atomic E-state index is -4.67. The first-order chi connectivity index (χ1) is 10.2. The van der Waals surface area contributed by atoms with E-state index < -0.39 is 6.36 Å². The van der Waals surface area contributed by atoms with Gasteiger partial charge in [-0.3, -0.25) is 0 Å². The number of benzene rings is 1. The highest BCUT2D eigenvalue weighted by Gasteiger charge is 2.37. The van der Waals surface area contributed by atoms with Gasteiger partial charge in [-0.15, -0.1) is 13.2 Å². The van der Waals surface area contributed by atoms with E-state index >= 15 is 0 Å². The molecule has 0 aromatic heterocycles. The summed E-state index contributed by atoms with van der Waals surface area (Å²) < 4.78 is 40.6. The van der Waals surface area contributed by atoms with Crippen LogP contribution in [0.25, 0.3) is 0 Å². The van der Waals surface area contributed by atoms with E-state index in [0.717, 1.165) is 24.9 Å². The summed E-state index contributed by atoms with van der Waals surface area (Å²) in [6, 6.07) is 6.15. The van der Waals surface area contributed by atoms with Crippen molar-refractivity contribution in [2.75, 3.05) is 20.6 Å². The number of alkyl halides is 3. The predicted octanol–water partition coefficient (Wildman–Crippen LogP) is 3.32. The zero-order valence-electron chi connectivity index (χ0n) is 12.9. The average molecular weight is 317 g/mol. The van der Waals surface area contributed by atoms with E-state index in [4.69, 9.17) is 0 Å². The smallest absolute Gasteiger partial charge is 0.406 e. The van der Waals surface area contributed by atoms with Gasteiger partial charge in [0.05, 0.1) is 6.10 Å². The third-order valence-corrected chi connectivity index (χ3v) is 4.23. The molecule has 1 aromatic rings. The Balaban J connectivity index is 2.21. The van der Waals surface area contributed by atoms with Gasteiger partial charge in [0.25, 0.3) is 0 Å². The van der Waals surface area contributed by atoms with E-state index in [0.29, 0.717) is 12.8 Å². The Morgan fingerprint density at radius 3 is 2.18 bits per heavy atom. The highest BCUT2D eigenvalue weighted by molar-refractivity contribution is 5.33. The molecule has 0 radical (unpaired) electrons. The summed E-state index contributed by atoms with van der Waals surface area (Å²) in [5.41, 5.74) is 0.877. The lowest BCUT2D eigenvalue weighted by atomic mass is 9.68. The van der Waals surface area contributed by atoms with Crippen LogP contribution in [-0.4, -0.2) is 43.1 Å². The molecule has 22 heavy (non-hydrogen) atoms. The van der Waals surface area contributed by atoms with Gasteiger partial charge in [0.1, 0.15) is 5.75 Å². The second-order valence-electron chi connectivity index (χ2n) is 6.32. The topological polar surface area (TPSA) is 32.7 Å². The molecular weight excluding hydrogens is 295 g/mol. The number of halogens is 3. The molecule has 1 saturated carbocycles. The summed E-state index contributed by atoms with van der Waals surface area (Å²) in [5.74, 6) is -0.202. The van der Waals surface area contributed by atoms with Gasteiger partial charge in [-0.1, -0.05) is 12.1 Å². The summed E-state index contributed by atoms with van der Waals surface area (Å²) in [6.45, 7) is 0.805. The fourth-order valence-electron chi connectivity index (χ4n) is 3.31. The second kappa shape index (κ2) is 6.46. The molecule has 0 aliphatic heterocycles. The molecule has 1 N–H and O–H groups in total. The summed E-state index contributed by atoms with van der Waals surface area (Å²) in [6.07, 6.45) is -1.86. The lowest BCUT2D eigenvalue weighted by Crippen LogP contribution is -2.41. The lowest BCUT2D eigenvalue weighted by molar-refractivity contribution is -0.274. The number of hydrogen-bond acceptors (Lipinski definition) is 3. The van der Waals surface area contributed by atoms with Crippen molar-refractivity contribution in [2.24, 2.45) is 0 Å². The Labute approximate surface area is 128 Å². The highest BCUT2D eigenvalue weighted by Crippen LogP contribution is 2.40. The predicted molar refractivity (Wildman–Crippen MR) is 77.8 cm³/mol. The van der Waals surface area contributed by atoms with Gasteiger partial charge in [0, 0.05) is 12.0 Å². The van der Waals surface area contributed by atoms with Crippen LogP contribution in [0.2, 0.25) is 0 Å². The van der Waals surface area contributed by atoms with E-state index in [1.54, 1.807) is 12.1 Å². The maximum atomic E-state index is 12.2. The molecule has 2 rings (SSSR count). The standard InChI is InChI=1S/C16H22F3NO2/c1-20(2)11-15(9-7-13(21)8-10-15)12-3-5-14(6-4-12)22-16(17,18)19/h3-6,13,21H,7-11H2,1-2H3. The highest BCUT2D eigenvalue weighted by atomic mass is 19.4. The van der Waals surface area contributed by atoms with Gasteiger partial charge in [-0.2, -0.15) is 0 Å². The summed E-state index contributed by atoms with van der Waals surface area (Å²) >= 11 is 0. The molecule has 0 spiro atoms. The quantitative estimate of drug-likeness (QED) is 0.925. The molecular formula is C16H22F3NO2. The van der Waals surface area contributed by atoms with Crippen molar-refractivity contribution >= 4 is 0 Å². The molecule has 0 atom stereocenters. The van der Waals surface area contributed by atoms with E-state index in [1.165, 1.54) is 12.1 Å². The van der Waals surface area contributed by atoms with Crippen LogP contribution in [0.3, 0.4) is 0 Å². The molecule has 124 valence electrons. The van der Waals surface area contributed by atoms with Gasteiger partial charge in [-0.05, 0) is 57.5 Å². The molecule has 3 nitrogen and oxygen atoms in total. The summed E-state index contributed by atoms with van der Waals surface area (Å²) in [5, 5.41) is 9.74. The zero-order valence-corrected chi connectivity index (χ0v) is 12.9. The normalized spacial score (nSPS) is 26.2. The van der Waals surface area contributed by atoms with Crippen molar-refractivity contribution < 1.29 is 23.0 Å². The Kier molecular flexibility index (Phi) is 5.02. The molecule has 0 amide bonds. The SMILES string of the molecule is CN(C)CC1(c2ccc(OC(F)(F)F)cc2)CCC(O)CC1. The second-order valence-corrected chi connectivity index (χ2v) is 6.32. The molecule has 0 heterocycles. The van der Waals surface area contributed by atoms with Crippen LogP contribution in [0.5, 0.6) is 5.75 Å². The number of hydrogen-bond donors (Lipinski definition) is 1. The maximum Gasteiger partial charge on any atom is 0.573 e. The van der Waals surface area contributed by atoms with Crippen molar-refractivity contribution in [1.29, 1.82) is 0 Å². The molecule has 0 unspecified atom stereocenters. The first-order valence-electron chi connectivity index (χ1n) is 7.39. The Bertz CT molecular complexity index is 477. The van der Waals surface area contributed by atoms with Crippen LogP contribution in [-0.2, 0) is 5.41 Å². The van der Waals surface area contributed by atoms with Crippen molar-refractivity contribution in [3.63, 3.8) is 0 Å². The van der Waals surface area contributed by atoms with Crippen LogP contribution >= 0.6 is 0 Å². The van der Waals surface area contributed by atoms with Crippen LogP contribution in [0.15, 0.2) is 24.3 Å². The van der Waals surface area contributed by atoms with Crippen molar-refractivity contribution in [3.05, 3.63) is 29.8 Å². The number of nitrogens with zero attached hydrogens (tertiary/aromatic N) is 1. The number of likely N-dealkylation sites (N-methyl/N-ethyl adjacent to an activating group) is 1. The van der Waals surface area contributed by atoms with E-state index in [9.17, 15) is 18.3 Å². The summed E-state index contributed by atoms with van der Waals surface area (Å²) in [4.78, 5) is 2.08. The average Bonchev–Trinajstić information content (AvgIpc) is 2.40. The third kappa shape index (κ3) is 4.36. The molecule has 1 aliphatic carbocycles. The van der Waals surface area contributed by atoms with Crippen LogP contribution < -0.4 is 4.74 Å². The maximum absolute atomic E-state index is 12.2.